The highest BCUT2D eigenvalue weighted by Gasteiger charge is 2.08. The highest BCUT2D eigenvalue weighted by atomic mass is 32.1. The second kappa shape index (κ2) is 6.30. The van der Waals surface area contributed by atoms with Crippen LogP contribution in [0.25, 0.3) is 11.3 Å². The van der Waals surface area contributed by atoms with Crippen molar-refractivity contribution >= 4 is 22.9 Å². The van der Waals surface area contributed by atoms with Gasteiger partial charge >= 0.3 is 0 Å². The molecule has 0 saturated carbocycles. The van der Waals surface area contributed by atoms with E-state index in [-0.39, 0.29) is 11.7 Å². The van der Waals surface area contributed by atoms with Crippen molar-refractivity contribution in [3.05, 3.63) is 69.8 Å². The number of rotatable bonds is 3. The van der Waals surface area contributed by atoms with Gasteiger partial charge < -0.3 is 5.32 Å². The summed E-state index contributed by atoms with van der Waals surface area (Å²) in [5.41, 5.74) is 3.50. The minimum Gasteiger partial charge on any atom is -0.322 e. The number of nitrogens with one attached hydrogen (secondary N) is 1. The van der Waals surface area contributed by atoms with E-state index in [9.17, 15) is 9.18 Å². The molecule has 0 spiro atoms. The molecule has 1 heterocycles. The number of hydrogen-bond donors (Lipinski definition) is 1. The van der Waals surface area contributed by atoms with Crippen LogP contribution in [-0.4, -0.2) is 10.9 Å². The normalized spacial score (nSPS) is 10.6. The summed E-state index contributed by atoms with van der Waals surface area (Å²) in [7, 11) is 0. The van der Waals surface area contributed by atoms with E-state index in [0.717, 1.165) is 16.3 Å². The van der Waals surface area contributed by atoms with E-state index in [1.807, 2.05) is 24.4 Å². The maximum absolute atomic E-state index is 13.2. The fourth-order valence-electron chi connectivity index (χ4n) is 2.21. The van der Waals surface area contributed by atoms with Crippen molar-refractivity contribution in [2.24, 2.45) is 0 Å². The number of amides is 1. The van der Waals surface area contributed by atoms with Crippen LogP contribution in [-0.2, 0) is 0 Å². The maximum Gasteiger partial charge on any atom is 0.255 e. The second-order valence-electron chi connectivity index (χ2n) is 5.25. The molecule has 0 saturated heterocycles. The van der Waals surface area contributed by atoms with E-state index in [0.29, 0.717) is 16.8 Å². The molecule has 1 aromatic heterocycles. The van der Waals surface area contributed by atoms with Gasteiger partial charge in [0.1, 0.15) is 5.82 Å². The Morgan fingerprint density at radius 2 is 1.87 bits per heavy atom. The zero-order valence-corrected chi connectivity index (χ0v) is 13.6. The first-order chi connectivity index (χ1) is 11.0. The van der Waals surface area contributed by atoms with E-state index in [4.69, 9.17) is 0 Å². The molecule has 23 heavy (non-hydrogen) atoms. The van der Waals surface area contributed by atoms with Crippen LogP contribution >= 0.6 is 11.3 Å². The Labute approximate surface area is 137 Å². The van der Waals surface area contributed by atoms with Crippen molar-refractivity contribution < 1.29 is 9.18 Å². The minimum atomic E-state index is -0.286. The molecule has 1 N–H and O–H groups in total. The molecule has 0 aliphatic carbocycles. The third kappa shape index (κ3) is 3.46. The Hall–Kier alpha value is -2.53. The first kappa shape index (κ1) is 15.4. The lowest BCUT2D eigenvalue weighted by atomic mass is 10.1. The van der Waals surface area contributed by atoms with Crippen molar-refractivity contribution in [3.63, 3.8) is 0 Å². The summed E-state index contributed by atoms with van der Waals surface area (Å²) in [6.07, 6.45) is 0. The predicted octanol–water partition coefficient (Wildman–Crippen LogP) is 4.82. The van der Waals surface area contributed by atoms with Crippen LogP contribution in [0.1, 0.15) is 20.9 Å². The summed E-state index contributed by atoms with van der Waals surface area (Å²) in [4.78, 5) is 16.7. The molecular formula is C18H15FN2OS. The van der Waals surface area contributed by atoms with E-state index >= 15 is 0 Å². The van der Waals surface area contributed by atoms with E-state index in [1.165, 1.54) is 6.07 Å². The quantitative estimate of drug-likeness (QED) is 0.750. The smallest absolute Gasteiger partial charge is 0.255 e. The summed E-state index contributed by atoms with van der Waals surface area (Å²) in [6, 6.07) is 11.8. The minimum absolute atomic E-state index is 0.225. The molecule has 116 valence electrons. The van der Waals surface area contributed by atoms with Gasteiger partial charge in [0.2, 0.25) is 0 Å². The number of aromatic nitrogens is 1. The number of benzene rings is 2. The van der Waals surface area contributed by atoms with Gasteiger partial charge in [-0.25, -0.2) is 9.37 Å². The molecule has 0 fully saturated rings. The van der Waals surface area contributed by atoms with Gasteiger partial charge in [0, 0.05) is 22.2 Å². The van der Waals surface area contributed by atoms with Crippen LogP contribution in [0.5, 0.6) is 0 Å². The van der Waals surface area contributed by atoms with Crippen LogP contribution in [0.4, 0.5) is 10.1 Å². The van der Waals surface area contributed by atoms with Gasteiger partial charge in [0.25, 0.3) is 5.91 Å². The second-order valence-corrected chi connectivity index (χ2v) is 6.31. The van der Waals surface area contributed by atoms with Gasteiger partial charge in [0.05, 0.1) is 10.7 Å². The molecule has 3 rings (SSSR count). The third-order valence-electron chi connectivity index (χ3n) is 3.48. The monoisotopic (exact) mass is 326 g/mol. The molecule has 0 aliphatic rings. The highest BCUT2D eigenvalue weighted by molar-refractivity contribution is 7.09. The Bertz CT molecular complexity index is 856. The fraction of sp³-hybridized carbons (Fsp3) is 0.111. The average molecular weight is 326 g/mol. The van der Waals surface area contributed by atoms with E-state index in [2.05, 4.69) is 10.3 Å². The first-order valence-electron chi connectivity index (χ1n) is 7.13. The van der Waals surface area contributed by atoms with Crippen molar-refractivity contribution in [3.8, 4) is 11.3 Å². The molecule has 0 unspecified atom stereocenters. The lowest BCUT2D eigenvalue weighted by molar-refractivity contribution is 0.102. The molecule has 2 aromatic carbocycles. The van der Waals surface area contributed by atoms with E-state index in [1.54, 1.807) is 42.5 Å². The van der Waals surface area contributed by atoms with Crippen molar-refractivity contribution in [1.82, 2.24) is 4.98 Å². The van der Waals surface area contributed by atoms with Gasteiger partial charge in [-0.05, 0) is 49.7 Å². The topological polar surface area (TPSA) is 42.0 Å². The van der Waals surface area contributed by atoms with Gasteiger partial charge in [0.15, 0.2) is 0 Å². The summed E-state index contributed by atoms with van der Waals surface area (Å²) in [5.74, 6) is -0.511. The Kier molecular flexibility index (Phi) is 4.21. The van der Waals surface area contributed by atoms with Gasteiger partial charge in [-0.1, -0.05) is 12.1 Å². The number of hydrogen-bond acceptors (Lipinski definition) is 3. The molecular weight excluding hydrogens is 311 g/mol. The van der Waals surface area contributed by atoms with Crippen LogP contribution in [0.15, 0.2) is 47.8 Å². The van der Waals surface area contributed by atoms with E-state index < -0.39 is 0 Å². The first-order valence-corrected chi connectivity index (χ1v) is 8.01. The third-order valence-corrected chi connectivity index (χ3v) is 4.25. The summed E-state index contributed by atoms with van der Waals surface area (Å²) in [5, 5.41) is 5.77. The standard InChI is InChI=1S/C18H15FN2OS/c1-11-9-15(7-8-16(11)19)21-18(22)14-5-3-13(4-6-14)17-10-23-12(2)20-17/h3-10H,1-2H3,(H,21,22). The van der Waals surface area contributed by atoms with Gasteiger partial charge in [-0.2, -0.15) is 0 Å². The largest absolute Gasteiger partial charge is 0.322 e. The zero-order valence-electron chi connectivity index (χ0n) is 12.8. The average Bonchev–Trinajstić information content (AvgIpc) is 2.97. The van der Waals surface area contributed by atoms with Crippen LogP contribution < -0.4 is 5.32 Å². The maximum atomic E-state index is 13.2. The number of nitrogens with zero attached hydrogens (tertiary/aromatic N) is 1. The molecule has 0 radical (unpaired) electrons. The van der Waals surface area contributed by atoms with Crippen LogP contribution in [0.3, 0.4) is 0 Å². The SMILES string of the molecule is Cc1nc(-c2ccc(C(=O)Nc3ccc(F)c(C)c3)cc2)cs1. The van der Waals surface area contributed by atoms with Crippen molar-refractivity contribution in [2.45, 2.75) is 13.8 Å². The number of aryl methyl sites for hydroxylation is 2. The molecule has 0 bridgehead atoms. The highest BCUT2D eigenvalue weighted by Crippen LogP contribution is 2.22. The molecule has 3 nitrogen and oxygen atoms in total. The molecule has 3 aromatic rings. The lowest BCUT2D eigenvalue weighted by Crippen LogP contribution is -2.11. The Balaban J connectivity index is 1.76. The number of thiazole rings is 1. The molecule has 5 heteroatoms. The number of carbonyl (C=O) groups is 1. The van der Waals surface area contributed by atoms with Crippen LogP contribution in [0, 0.1) is 19.7 Å². The molecule has 0 aliphatic heterocycles. The number of halogens is 1. The molecule has 0 atom stereocenters. The Morgan fingerprint density at radius 1 is 1.13 bits per heavy atom. The summed E-state index contributed by atoms with van der Waals surface area (Å²) >= 11 is 1.59. The predicted molar refractivity (Wildman–Crippen MR) is 91.4 cm³/mol. The van der Waals surface area contributed by atoms with Crippen molar-refractivity contribution in [2.75, 3.05) is 5.32 Å². The Morgan fingerprint density at radius 3 is 2.48 bits per heavy atom. The number of anilines is 1. The van der Waals surface area contributed by atoms with Crippen molar-refractivity contribution in [1.29, 1.82) is 0 Å². The summed E-state index contributed by atoms with van der Waals surface area (Å²) in [6.45, 7) is 3.62. The number of carbonyl (C=O) groups excluding carboxylic acids is 1. The van der Waals surface area contributed by atoms with Gasteiger partial charge in [-0.15, -0.1) is 11.3 Å². The molecule has 1 amide bonds. The van der Waals surface area contributed by atoms with Crippen LogP contribution in [0.2, 0.25) is 0 Å². The fourth-order valence-corrected chi connectivity index (χ4v) is 2.84. The lowest BCUT2D eigenvalue weighted by Gasteiger charge is -2.07. The van der Waals surface area contributed by atoms with Gasteiger partial charge in [-0.3, -0.25) is 4.79 Å². The zero-order chi connectivity index (χ0) is 16.4. The summed E-state index contributed by atoms with van der Waals surface area (Å²) < 4.78 is 13.2.